The number of aromatic nitrogens is 4. The number of carbonyl (C=O) groups excluding carboxylic acids is 2. The Hall–Kier alpha value is -5.16. The molecule has 0 aliphatic carbocycles. The Balaban J connectivity index is 0.976. The molecule has 3 aromatic carbocycles. The first kappa shape index (κ1) is 27.0. The van der Waals surface area contributed by atoms with Crippen molar-refractivity contribution in [3.05, 3.63) is 107 Å². The number of halogens is 2. The lowest BCUT2D eigenvalue weighted by atomic mass is 10.1. The Morgan fingerprint density at radius 2 is 1.88 bits per heavy atom. The van der Waals surface area contributed by atoms with Crippen molar-refractivity contribution in [2.45, 2.75) is 19.6 Å². The quantitative estimate of drug-likeness (QED) is 0.135. The summed E-state index contributed by atoms with van der Waals surface area (Å²) in [5.41, 5.74) is 6.71. The zero-order valence-electron chi connectivity index (χ0n) is 22.1. The average molecular weight is 584 g/mol. The number of fused-ring (bicyclic) bond motifs is 2. The lowest BCUT2D eigenvalue weighted by Crippen LogP contribution is -2.31. The normalized spacial score (nSPS) is 12.9. The van der Waals surface area contributed by atoms with E-state index in [1.54, 1.807) is 29.4 Å². The summed E-state index contributed by atoms with van der Waals surface area (Å²) in [6.45, 7) is 1.01. The molecule has 0 fully saturated rings. The van der Waals surface area contributed by atoms with Crippen LogP contribution >= 0.6 is 11.6 Å². The molecule has 10 nitrogen and oxygen atoms in total. The van der Waals surface area contributed by atoms with Gasteiger partial charge in [-0.1, -0.05) is 16.8 Å². The molecule has 5 aromatic rings. The first-order valence-electron chi connectivity index (χ1n) is 13.1. The number of benzene rings is 3. The van der Waals surface area contributed by atoms with E-state index >= 15 is 0 Å². The molecule has 6 rings (SSSR count). The number of Topliss-reactive ketones (excluding diaryl/α,β-unsaturated/α-hetero) is 1. The number of carbonyl (C=O) groups is 2. The Morgan fingerprint density at radius 1 is 1.02 bits per heavy atom. The van der Waals surface area contributed by atoms with Gasteiger partial charge in [-0.25, -0.2) is 4.39 Å². The highest BCUT2D eigenvalue weighted by atomic mass is 35.5. The molecule has 0 spiro atoms. The fourth-order valence-electron chi connectivity index (χ4n) is 4.60. The maximum atomic E-state index is 13.5. The minimum absolute atomic E-state index is 0.0990. The van der Waals surface area contributed by atoms with Crippen LogP contribution in [-0.2, 0) is 17.9 Å². The molecule has 42 heavy (non-hydrogen) atoms. The van der Waals surface area contributed by atoms with Crippen LogP contribution in [0.25, 0.3) is 10.9 Å². The van der Waals surface area contributed by atoms with Gasteiger partial charge in [-0.2, -0.15) is 5.10 Å². The second-order valence-electron chi connectivity index (χ2n) is 9.52. The number of amides is 1. The fourth-order valence-corrected chi connectivity index (χ4v) is 4.77. The molecule has 0 unspecified atom stereocenters. The summed E-state index contributed by atoms with van der Waals surface area (Å²) in [4.78, 5) is 30.2. The van der Waals surface area contributed by atoms with Crippen molar-refractivity contribution in [2.24, 2.45) is 5.10 Å². The number of ether oxygens (including phenoxy) is 1. The van der Waals surface area contributed by atoms with Crippen molar-refractivity contribution < 1.29 is 18.7 Å². The zero-order valence-corrected chi connectivity index (χ0v) is 22.8. The van der Waals surface area contributed by atoms with E-state index < -0.39 is 17.5 Å². The highest BCUT2D eigenvalue weighted by Crippen LogP contribution is 2.29. The maximum Gasteiger partial charge on any atom is 0.299 e. The predicted molar refractivity (Wildman–Crippen MR) is 156 cm³/mol. The molecule has 2 aromatic heterocycles. The average Bonchev–Trinajstić information content (AvgIpc) is 3.54. The van der Waals surface area contributed by atoms with Gasteiger partial charge < -0.3 is 9.64 Å². The van der Waals surface area contributed by atoms with Crippen LogP contribution in [0.1, 0.15) is 28.0 Å². The van der Waals surface area contributed by atoms with E-state index in [1.165, 1.54) is 17.0 Å². The van der Waals surface area contributed by atoms with Gasteiger partial charge in [-0.3, -0.25) is 24.7 Å². The summed E-state index contributed by atoms with van der Waals surface area (Å²) in [7, 11) is 0. The number of rotatable bonds is 10. The fraction of sp³-hybridized carbons (Fsp3) is 0.133. The highest BCUT2D eigenvalue weighted by molar-refractivity contribution is 6.52. The van der Waals surface area contributed by atoms with Gasteiger partial charge in [-0.05, 0) is 78.7 Å². The molecular formula is C30H23ClFN7O3. The van der Waals surface area contributed by atoms with Crippen molar-refractivity contribution >= 4 is 51.8 Å². The van der Waals surface area contributed by atoms with Crippen molar-refractivity contribution in [1.82, 2.24) is 20.0 Å². The topological polar surface area (TPSA) is 115 Å². The van der Waals surface area contributed by atoms with Crippen LogP contribution in [0.15, 0.2) is 84.2 Å². The first-order chi connectivity index (χ1) is 20.4. The summed E-state index contributed by atoms with van der Waals surface area (Å²) >= 11 is 6.05. The van der Waals surface area contributed by atoms with Crippen LogP contribution in [0, 0.1) is 5.82 Å². The minimum atomic E-state index is -0.688. The van der Waals surface area contributed by atoms with E-state index in [0.29, 0.717) is 41.7 Å². The molecule has 0 saturated heterocycles. The Bertz CT molecular complexity index is 1820. The third-order valence-electron chi connectivity index (χ3n) is 6.66. The second-order valence-corrected chi connectivity index (χ2v) is 9.96. The van der Waals surface area contributed by atoms with Crippen molar-refractivity contribution in [3.8, 4) is 5.75 Å². The van der Waals surface area contributed by atoms with E-state index in [0.717, 1.165) is 28.2 Å². The van der Waals surface area contributed by atoms with Gasteiger partial charge in [0.15, 0.2) is 0 Å². The van der Waals surface area contributed by atoms with E-state index in [9.17, 15) is 14.0 Å². The monoisotopic (exact) mass is 583 g/mol. The van der Waals surface area contributed by atoms with Crippen LogP contribution in [0.2, 0.25) is 5.02 Å². The number of anilines is 2. The number of aryl methyl sites for hydroxylation is 1. The third-order valence-corrected chi connectivity index (χ3v) is 6.89. The first-order valence-corrected chi connectivity index (χ1v) is 13.4. The zero-order chi connectivity index (χ0) is 29.1. The highest BCUT2D eigenvalue weighted by Gasteiger charge is 2.35. The SMILES string of the molecule is O=C1C(=O)N(CCCn2cc(COc3ccc(/C=N/Nc4ccnc5cc(Cl)ccc45)cc3)nn2)c2ccc(F)cc21. The molecule has 1 aliphatic rings. The van der Waals surface area contributed by atoms with Gasteiger partial charge in [0.1, 0.15) is 23.9 Å². The summed E-state index contributed by atoms with van der Waals surface area (Å²) in [5, 5.41) is 14.1. The summed E-state index contributed by atoms with van der Waals surface area (Å²) in [6, 6.07) is 18.6. The maximum absolute atomic E-state index is 13.5. The van der Waals surface area contributed by atoms with Gasteiger partial charge >= 0.3 is 0 Å². The van der Waals surface area contributed by atoms with E-state index in [2.05, 4.69) is 25.8 Å². The van der Waals surface area contributed by atoms with Crippen molar-refractivity contribution in [2.75, 3.05) is 16.9 Å². The summed E-state index contributed by atoms with van der Waals surface area (Å²) in [5.74, 6) is -1.22. The Morgan fingerprint density at radius 3 is 2.74 bits per heavy atom. The van der Waals surface area contributed by atoms with Crippen LogP contribution in [0.4, 0.5) is 15.8 Å². The molecule has 210 valence electrons. The van der Waals surface area contributed by atoms with Crippen LogP contribution < -0.4 is 15.1 Å². The van der Waals surface area contributed by atoms with Crippen molar-refractivity contribution in [1.29, 1.82) is 0 Å². The number of hydrogen-bond donors (Lipinski definition) is 1. The predicted octanol–water partition coefficient (Wildman–Crippen LogP) is 5.26. The van der Waals surface area contributed by atoms with Crippen LogP contribution in [-0.4, -0.2) is 44.4 Å². The van der Waals surface area contributed by atoms with Crippen molar-refractivity contribution in [3.63, 3.8) is 0 Å². The molecule has 1 amide bonds. The second kappa shape index (κ2) is 11.8. The van der Waals surface area contributed by atoms with Gasteiger partial charge in [0.05, 0.1) is 34.9 Å². The molecule has 1 aliphatic heterocycles. The smallest absolute Gasteiger partial charge is 0.299 e. The molecule has 0 bridgehead atoms. The number of nitrogens with one attached hydrogen (secondary N) is 1. The molecule has 12 heteroatoms. The van der Waals surface area contributed by atoms with Gasteiger partial charge in [0.25, 0.3) is 11.7 Å². The van der Waals surface area contributed by atoms with Gasteiger partial charge in [0.2, 0.25) is 0 Å². The van der Waals surface area contributed by atoms with E-state index in [4.69, 9.17) is 16.3 Å². The third kappa shape index (κ3) is 5.81. The van der Waals surface area contributed by atoms with E-state index in [-0.39, 0.29) is 12.2 Å². The molecule has 0 saturated carbocycles. The Labute approximate surface area is 244 Å². The summed E-state index contributed by atoms with van der Waals surface area (Å²) < 4.78 is 21.0. The van der Waals surface area contributed by atoms with Crippen LogP contribution in [0.5, 0.6) is 5.75 Å². The number of nitrogens with zero attached hydrogens (tertiary/aromatic N) is 6. The minimum Gasteiger partial charge on any atom is -0.487 e. The number of pyridine rings is 1. The number of ketones is 1. The lowest BCUT2D eigenvalue weighted by Gasteiger charge is -2.16. The van der Waals surface area contributed by atoms with Gasteiger partial charge in [-0.15, -0.1) is 5.10 Å². The van der Waals surface area contributed by atoms with Gasteiger partial charge in [0, 0.05) is 29.7 Å². The Kier molecular flexibility index (Phi) is 7.56. The molecule has 1 N–H and O–H groups in total. The standard InChI is InChI=1S/C30H23ClFN7O3/c31-20-4-8-24-26(10-11-33-27(24)14-20)36-34-16-19-2-6-23(7-3-19)42-18-22-17-38(37-35-22)12-1-13-39-28-9-5-21(32)15-25(28)29(40)30(39)41/h2-11,14-17H,1,12-13,18H2,(H,33,36)/b34-16+. The van der Waals surface area contributed by atoms with E-state index in [1.807, 2.05) is 42.5 Å². The molecule has 0 atom stereocenters. The number of hydrogen-bond acceptors (Lipinski definition) is 8. The molecular weight excluding hydrogens is 561 g/mol. The lowest BCUT2D eigenvalue weighted by molar-refractivity contribution is -0.114. The molecule has 3 heterocycles. The molecule has 0 radical (unpaired) electrons. The van der Waals surface area contributed by atoms with Crippen LogP contribution in [0.3, 0.4) is 0 Å². The largest absolute Gasteiger partial charge is 0.487 e. The summed E-state index contributed by atoms with van der Waals surface area (Å²) in [6.07, 6.45) is 5.71. The number of hydrazone groups is 1.